The number of nitrogens with one attached hydrogen (secondary N) is 3. The van der Waals surface area contributed by atoms with E-state index in [-0.39, 0.29) is 42.6 Å². The molecule has 14 nitrogen and oxygen atoms in total. The number of non-ortho nitro benzene ring substituents is 1. The fourth-order valence-corrected chi connectivity index (χ4v) is 6.04. The Hall–Kier alpha value is -4.49. The quantitative estimate of drug-likeness (QED) is 0.152. The maximum atomic E-state index is 14.2. The molecule has 0 spiro atoms. The summed E-state index contributed by atoms with van der Waals surface area (Å²) in [7, 11) is 1.21. The lowest BCUT2D eigenvalue weighted by atomic mass is 9.85. The number of rotatable bonds is 10. The number of nitro groups is 1. The predicted molar refractivity (Wildman–Crippen MR) is 161 cm³/mol. The largest absolute Gasteiger partial charge is 0.467 e. The second-order valence-corrected chi connectivity index (χ2v) is 13.0. The fraction of sp³-hybridized carbons (Fsp3) is 0.581. The molecule has 1 heterocycles. The molecule has 244 valence electrons. The van der Waals surface area contributed by atoms with Crippen molar-refractivity contribution in [3.05, 3.63) is 52.6 Å². The zero-order valence-corrected chi connectivity index (χ0v) is 26.0. The molecule has 3 fully saturated rings. The van der Waals surface area contributed by atoms with Gasteiger partial charge >= 0.3 is 18.0 Å². The van der Waals surface area contributed by atoms with Crippen LogP contribution in [0.1, 0.15) is 69.7 Å². The first-order chi connectivity index (χ1) is 21.2. The minimum Gasteiger partial charge on any atom is -0.467 e. The van der Waals surface area contributed by atoms with E-state index in [1.54, 1.807) is 26.8 Å². The highest BCUT2D eigenvalue weighted by atomic mass is 16.6. The van der Waals surface area contributed by atoms with Gasteiger partial charge in [0.15, 0.2) is 0 Å². The van der Waals surface area contributed by atoms with Crippen molar-refractivity contribution < 1.29 is 38.4 Å². The van der Waals surface area contributed by atoms with Crippen LogP contribution in [-0.4, -0.2) is 83.0 Å². The standard InChI is InChI=1S/C31H41N5O9/c1-6-19-16-31(19,28(40)44-5)34-25(37)23-15-22(45-27(39)18-11-13-21(14-12-18)36(42)43)17-35(23)26(38)24(30(2,3)4)33-29(41)32-20-9-7-8-10-20/h6,11-14,19-20,22-24H,1,7-10,15-17H2,2-5H3,(H,34,37)(H2,32,33,41)/t19-,22+,23+,24-,31-/m1/s1. The van der Waals surface area contributed by atoms with Crippen LogP contribution < -0.4 is 16.0 Å². The molecule has 0 unspecified atom stereocenters. The van der Waals surface area contributed by atoms with Gasteiger partial charge < -0.3 is 30.3 Å². The van der Waals surface area contributed by atoms with Crippen molar-refractivity contribution in [2.75, 3.05) is 13.7 Å². The molecular formula is C31H41N5O9. The van der Waals surface area contributed by atoms with E-state index in [1.807, 2.05) is 0 Å². The molecule has 45 heavy (non-hydrogen) atoms. The predicted octanol–water partition coefficient (Wildman–Crippen LogP) is 2.61. The number of amides is 4. The number of likely N-dealkylation sites (tertiary alicyclic amines) is 1. The Morgan fingerprint density at radius 3 is 2.31 bits per heavy atom. The number of hydrogen-bond donors (Lipinski definition) is 3. The summed E-state index contributed by atoms with van der Waals surface area (Å²) in [6.07, 6.45) is 4.54. The normalized spacial score (nSPS) is 25.1. The van der Waals surface area contributed by atoms with E-state index in [0.717, 1.165) is 25.7 Å². The molecule has 1 aromatic carbocycles. The van der Waals surface area contributed by atoms with E-state index < -0.39 is 63.8 Å². The molecule has 4 rings (SSSR count). The monoisotopic (exact) mass is 627 g/mol. The smallest absolute Gasteiger partial charge is 0.338 e. The van der Waals surface area contributed by atoms with Gasteiger partial charge in [-0.15, -0.1) is 6.58 Å². The number of nitro benzene ring substituents is 1. The first kappa shape index (κ1) is 33.4. The Labute approximate surface area is 261 Å². The van der Waals surface area contributed by atoms with Crippen LogP contribution in [0.5, 0.6) is 0 Å². The molecule has 5 atom stereocenters. The molecule has 1 aliphatic heterocycles. The second kappa shape index (κ2) is 13.2. The number of esters is 2. The van der Waals surface area contributed by atoms with Crippen molar-refractivity contribution in [1.29, 1.82) is 0 Å². The molecule has 0 radical (unpaired) electrons. The van der Waals surface area contributed by atoms with Gasteiger partial charge in [0.2, 0.25) is 11.8 Å². The third-order valence-electron chi connectivity index (χ3n) is 8.71. The lowest BCUT2D eigenvalue weighted by Gasteiger charge is -2.35. The van der Waals surface area contributed by atoms with Gasteiger partial charge in [-0.2, -0.15) is 0 Å². The number of benzene rings is 1. The van der Waals surface area contributed by atoms with Crippen molar-refractivity contribution in [3.8, 4) is 0 Å². The lowest BCUT2D eigenvalue weighted by Crippen LogP contribution is -2.60. The maximum Gasteiger partial charge on any atom is 0.338 e. The minimum absolute atomic E-state index is 0.0140. The van der Waals surface area contributed by atoms with Crippen molar-refractivity contribution in [1.82, 2.24) is 20.9 Å². The Morgan fingerprint density at radius 2 is 1.78 bits per heavy atom. The molecule has 0 bridgehead atoms. The molecule has 2 aliphatic carbocycles. The number of methoxy groups -OCH3 is 1. The molecule has 3 aliphatic rings. The van der Waals surface area contributed by atoms with Crippen LogP contribution in [0.2, 0.25) is 0 Å². The van der Waals surface area contributed by atoms with Gasteiger partial charge in [0.1, 0.15) is 23.7 Å². The maximum absolute atomic E-state index is 14.2. The van der Waals surface area contributed by atoms with Gasteiger partial charge in [0.25, 0.3) is 5.69 Å². The number of carbonyl (C=O) groups is 5. The van der Waals surface area contributed by atoms with Gasteiger partial charge in [-0.05, 0) is 36.8 Å². The number of nitrogens with zero attached hydrogens (tertiary/aromatic N) is 2. The molecule has 14 heteroatoms. The van der Waals surface area contributed by atoms with E-state index in [2.05, 4.69) is 22.5 Å². The SMILES string of the molecule is C=C[C@@H]1C[C@]1(NC(=O)[C@@H]1C[C@H](OC(=O)c2ccc([N+](=O)[O-])cc2)CN1C(=O)[C@@H](NC(=O)NC1CCCC1)C(C)(C)C)C(=O)OC. The van der Waals surface area contributed by atoms with Crippen LogP contribution in [0.4, 0.5) is 10.5 Å². The summed E-state index contributed by atoms with van der Waals surface area (Å²) in [4.78, 5) is 78.1. The van der Waals surface area contributed by atoms with E-state index in [4.69, 9.17) is 9.47 Å². The summed E-state index contributed by atoms with van der Waals surface area (Å²) >= 11 is 0. The summed E-state index contributed by atoms with van der Waals surface area (Å²) in [6, 6.07) is 2.19. The van der Waals surface area contributed by atoms with Gasteiger partial charge in [0.05, 0.1) is 24.1 Å². The number of hydrogen-bond acceptors (Lipinski definition) is 9. The van der Waals surface area contributed by atoms with Crippen LogP contribution in [-0.2, 0) is 23.9 Å². The van der Waals surface area contributed by atoms with Crippen molar-refractivity contribution in [3.63, 3.8) is 0 Å². The van der Waals surface area contributed by atoms with Crippen molar-refractivity contribution in [2.45, 2.75) is 89.1 Å². The van der Waals surface area contributed by atoms with Crippen LogP contribution in [0.3, 0.4) is 0 Å². The van der Waals surface area contributed by atoms with E-state index in [1.165, 1.54) is 36.3 Å². The first-order valence-corrected chi connectivity index (χ1v) is 15.1. The van der Waals surface area contributed by atoms with Crippen LogP contribution in [0, 0.1) is 21.4 Å². The summed E-state index contributed by atoms with van der Waals surface area (Å²) < 4.78 is 10.6. The number of ether oxygens (including phenoxy) is 2. The minimum atomic E-state index is -1.32. The summed E-state index contributed by atoms with van der Waals surface area (Å²) in [6.45, 7) is 8.92. The van der Waals surface area contributed by atoms with Crippen LogP contribution in [0.15, 0.2) is 36.9 Å². The average Bonchev–Trinajstić information content (AvgIpc) is 3.27. The third kappa shape index (κ3) is 7.43. The van der Waals surface area contributed by atoms with Crippen LogP contribution in [0.25, 0.3) is 0 Å². The molecule has 3 N–H and O–H groups in total. The van der Waals surface area contributed by atoms with E-state index in [9.17, 15) is 34.1 Å². The molecular weight excluding hydrogens is 586 g/mol. The van der Waals surface area contributed by atoms with Gasteiger partial charge in [-0.25, -0.2) is 14.4 Å². The summed E-state index contributed by atoms with van der Waals surface area (Å²) in [5, 5.41) is 19.5. The number of carbonyl (C=O) groups excluding carboxylic acids is 5. The second-order valence-electron chi connectivity index (χ2n) is 13.0. The Kier molecular flexibility index (Phi) is 9.83. The fourth-order valence-electron chi connectivity index (χ4n) is 6.04. The van der Waals surface area contributed by atoms with Gasteiger partial charge in [-0.1, -0.05) is 39.7 Å². The molecule has 1 saturated heterocycles. The Morgan fingerprint density at radius 1 is 1.13 bits per heavy atom. The highest BCUT2D eigenvalue weighted by molar-refractivity contribution is 5.97. The summed E-state index contributed by atoms with van der Waals surface area (Å²) in [5.41, 5.74) is -2.23. The Bertz CT molecular complexity index is 1350. The van der Waals surface area contributed by atoms with Gasteiger partial charge in [-0.3, -0.25) is 19.7 Å². The van der Waals surface area contributed by atoms with E-state index >= 15 is 0 Å². The third-order valence-corrected chi connectivity index (χ3v) is 8.71. The first-order valence-electron chi connectivity index (χ1n) is 15.1. The summed E-state index contributed by atoms with van der Waals surface area (Å²) in [5.74, 6) is -2.99. The zero-order valence-electron chi connectivity index (χ0n) is 26.0. The molecule has 0 aromatic heterocycles. The topological polar surface area (TPSA) is 186 Å². The Balaban J connectivity index is 1.57. The zero-order chi connectivity index (χ0) is 33.1. The van der Waals surface area contributed by atoms with Crippen molar-refractivity contribution in [2.24, 2.45) is 11.3 Å². The molecule has 2 saturated carbocycles. The lowest BCUT2D eigenvalue weighted by molar-refractivity contribution is -0.384. The number of urea groups is 1. The highest BCUT2D eigenvalue weighted by Crippen LogP contribution is 2.45. The molecule has 1 aromatic rings. The van der Waals surface area contributed by atoms with Gasteiger partial charge in [0, 0.05) is 30.5 Å². The van der Waals surface area contributed by atoms with E-state index in [0.29, 0.717) is 0 Å². The van der Waals surface area contributed by atoms with Crippen molar-refractivity contribution >= 4 is 35.5 Å². The molecule has 4 amide bonds. The van der Waals surface area contributed by atoms with Crippen LogP contribution >= 0.6 is 0 Å². The average molecular weight is 628 g/mol. The highest BCUT2D eigenvalue weighted by Gasteiger charge is 2.62.